The summed E-state index contributed by atoms with van der Waals surface area (Å²) in [5, 5.41) is 21.5. The van der Waals surface area contributed by atoms with Gasteiger partial charge in [-0.15, -0.1) is 0 Å². The van der Waals surface area contributed by atoms with Gasteiger partial charge in [-0.3, -0.25) is 9.59 Å². The third-order valence-electron chi connectivity index (χ3n) is 4.44. The number of carbonyl (C=O) groups excluding carboxylic acids is 1. The number of carboxylic acid groups (broad SMARTS) is 1. The summed E-state index contributed by atoms with van der Waals surface area (Å²) in [6, 6.07) is 3.49. The molecule has 2 rings (SSSR count). The number of rotatable bonds is 11. The number of benzene rings is 1. The number of carbonyl (C=O) groups is 2. The van der Waals surface area contributed by atoms with Crippen molar-refractivity contribution in [2.24, 2.45) is 5.73 Å². The molecule has 162 valence electrons. The number of aliphatic carboxylic acids is 1. The fourth-order valence-electron chi connectivity index (χ4n) is 2.82. The van der Waals surface area contributed by atoms with Crippen molar-refractivity contribution in [2.75, 3.05) is 46.0 Å². The van der Waals surface area contributed by atoms with Gasteiger partial charge in [-0.2, -0.15) is 0 Å². The van der Waals surface area contributed by atoms with Gasteiger partial charge < -0.3 is 35.6 Å². The number of aryl methyl sites for hydroxylation is 1. The molecule has 9 nitrogen and oxygen atoms in total. The third-order valence-corrected chi connectivity index (χ3v) is 4.44. The fraction of sp³-hybridized carbons (Fsp3) is 0.579. The molecular formula is C19H28FN3O6. The molecule has 1 aliphatic heterocycles. The Bertz CT molecular complexity index is 684. The smallest absolute Gasteiger partial charge is 0.303 e. The van der Waals surface area contributed by atoms with Crippen LogP contribution in [0.4, 0.5) is 4.39 Å². The van der Waals surface area contributed by atoms with Crippen LogP contribution in [0.1, 0.15) is 12.0 Å². The molecule has 2 atom stereocenters. The van der Waals surface area contributed by atoms with Crippen LogP contribution in [-0.4, -0.2) is 85.1 Å². The lowest BCUT2D eigenvalue weighted by Gasteiger charge is -2.29. The number of nitrogens with two attached hydrogens (primary N) is 1. The summed E-state index contributed by atoms with van der Waals surface area (Å²) < 4.78 is 24.5. The van der Waals surface area contributed by atoms with Crippen LogP contribution in [0.3, 0.4) is 0 Å². The molecule has 1 amide bonds. The van der Waals surface area contributed by atoms with Crippen molar-refractivity contribution in [2.45, 2.75) is 25.0 Å². The summed E-state index contributed by atoms with van der Waals surface area (Å²) in [5.41, 5.74) is 6.44. The summed E-state index contributed by atoms with van der Waals surface area (Å²) in [6.45, 7) is 2.21. The molecule has 0 radical (unpaired) electrons. The number of halogens is 1. The molecule has 1 aromatic carbocycles. The lowest BCUT2D eigenvalue weighted by molar-refractivity contribution is -0.137. The highest BCUT2D eigenvalue weighted by Crippen LogP contribution is 2.19. The van der Waals surface area contributed by atoms with E-state index < -0.39 is 23.9 Å². The minimum Gasteiger partial charge on any atom is -0.488 e. The van der Waals surface area contributed by atoms with E-state index in [1.807, 2.05) is 0 Å². The third kappa shape index (κ3) is 7.94. The SMILES string of the molecule is NC(CNC[C@@H](O)COc1ccc(CCC(=O)O)cc1F)C(=O)N1CCOCC1. The highest BCUT2D eigenvalue weighted by atomic mass is 19.1. The van der Waals surface area contributed by atoms with Crippen LogP contribution in [0.2, 0.25) is 0 Å². The van der Waals surface area contributed by atoms with Crippen LogP contribution in [0.25, 0.3) is 0 Å². The minimum absolute atomic E-state index is 0.0256. The maximum atomic E-state index is 14.0. The molecule has 1 unspecified atom stereocenters. The predicted octanol–water partition coefficient (Wildman–Crippen LogP) is -0.642. The van der Waals surface area contributed by atoms with Gasteiger partial charge >= 0.3 is 5.97 Å². The molecule has 10 heteroatoms. The second-order valence-electron chi connectivity index (χ2n) is 6.83. The summed E-state index contributed by atoms with van der Waals surface area (Å²) in [6.07, 6.45) is -0.783. The number of ether oxygens (including phenoxy) is 2. The Kier molecular flexibility index (Phi) is 9.26. The van der Waals surface area contributed by atoms with Gasteiger partial charge in [0, 0.05) is 32.6 Å². The Morgan fingerprint density at radius 1 is 1.31 bits per heavy atom. The van der Waals surface area contributed by atoms with E-state index in [9.17, 15) is 19.1 Å². The van der Waals surface area contributed by atoms with Crippen molar-refractivity contribution in [1.82, 2.24) is 10.2 Å². The molecule has 5 N–H and O–H groups in total. The van der Waals surface area contributed by atoms with Crippen molar-refractivity contribution in [1.29, 1.82) is 0 Å². The number of amides is 1. The zero-order chi connectivity index (χ0) is 21.2. The Hall–Kier alpha value is -2.27. The molecule has 0 aromatic heterocycles. The fourth-order valence-corrected chi connectivity index (χ4v) is 2.82. The number of aliphatic hydroxyl groups is 1. The summed E-state index contributed by atoms with van der Waals surface area (Å²) in [7, 11) is 0. The summed E-state index contributed by atoms with van der Waals surface area (Å²) >= 11 is 0. The Labute approximate surface area is 168 Å². The predicted molar refractivity (Wildman–Crippen MR) is 102 cm³/mol. The van der Waals surface area contributed by atoms with E-state index in [0.717, 1.165) is 0 Å². The summed E-state index contributed by atoms with van der Waals surface area (Å²) in [5.74, 6) is -1.77. The molecule has 0 spiro atoms. The largest absolute Gasteiger partial charge is 0.488 e. The number of nitrogens with zero attached hydrogens (tertiary/aromatic N) is 1. The molecule has 1 aromatic rings. The van der Waals surface area contributed by atoms with Crippen molar-refractivity contribution in [3.05, 3.63) is 29.6 Å². The highest BCUT2D eigenvalue weighted by Gasteiger charge is 2.22. The first kappa shape index (κ1) is 23.0. The zero-order valence-corrected chi connectivity index (χ0v) is 16.2. The van der Waals surface area contributed by atoms with Crippen LogP contribution in [0.5, 0.6) is 5.75 Å². The van der Waals surface area contributed by atoms with Crippen LogP contribution in [0.15, 0.2) is 18.2 Å². The van der Waals surface area contributed by atoms with Gasteiger partial charge in [0.05, 0.1) is 19.3 Å². The van der Waals surface area contributed by atoms with Crippen molar-refractivity contribution < 1.29 is 33.7 Å². The number of hydrogen-bond donors (Lipinski definition) is 4. The average Bonchev–Trinajstić information content (AvgIpc) is 2.71. The van der Waals surface area contributed by atoms with Crippen LogP contribution < -0.4 is 15.8 Å². The molecule has 29 heavy (non-hydrogen) atoms. The standard InChI is InChI=1S/C19H28FN3O6/c20-15-9-13(2-4-18(25)26)1-3-17(15)29-12-14(24)10-22-11-16(21)19(27)23-5-7-28-8-6-23/h1,3,9,14,16,22,24H,2,4-8,10-12,21H2,(H,25,26)/t14-,16?/m1/s1. The Morgan fingerprint density at radius 3 is 2.69 bits per heavy atom. The van der Waals surface area contributed by atoms with E-state index in [4.69, 9.17) is 20.3 Å². The van der Waals surface area contributed by atoms with Gasteiger partial charge in [-0.1, -0.05) is 6.07 Å². The van der Waals surface area contributed by atoms with Crippen molar-refractivity contribution >= 4 is 11.9 Å². The maximum absolute atomic E-state index is 14.0. The number of morpholine rings is 1. The molecule has 0 saturated carbocycles. The van der Waals surface area contributed by atoms with Gasteiger partial charge in [0.15, 0.2) is 11.6 Å². The molecule has 0 bridgehead atoms. The van der Waals surface area contributed by atoms with Gasteiger partial charge in [0.25, 0.3) is 0 Å². The van der Waals surface area contributed by atoms with Crippen LogP contribution in [-0.2, 0) is 20.7 Å². The lowest BCUT2D eigenvalue weighted by atomic mass is 10.1. The molecular weight excluding hydrogens is 385 g/mol. The molecule has 1 aliphatic rings. The molecule has 1 saturated heterocycles. The summed E-state index contributed by atoms with van der Waals surface area (Å²) in [4.78, 5) is 24.4. The average molecular weight is 413 g/mol. The quantitative estimate of drug-likeness (QED) is 0.376. The van der Waals surface area contributed by atoms with E-state index in [0.29, 0.717) is 31.9 Å². The molecule has 1 fully saturated rings. The minimum atomic E-state index is -0.951. The van der Waals surface area contributed by atoms with Gasteiger partial charge in [-0.05, 0) is 24.1 Å². The number of carboxylic acids is 1. The lowest BCUT2D eigenvalue weighted by Crippen LogP contribution is -2.52. The maximum Gasteiger partial charge on any atom is 0.303 e. The second kappa shape index (κ2) is 11.7. The molecule has 1 heterocycles. The Balaban J connectivity index is 1.68. The first-order valence-corrected chi connectivity index (χ1v) is 9.50. The number of hydrogen-bond acceptors (Lipinski definition) is 7. The van der Waals surface area contributed by atoms with Crippen molar-refractivity contribution in [3.63, 3.8) is 0 Å². The topological polar surface area (TPSA) is 134 Å². The van der Waals surface area contributed by atoms with Gasteiger partial charge in [0.2, 0.25) is 5.91 Å². The Morgan fingerprint density at radius 2 is 2.03 bits per heavy atom. The second-order valence-corrected chi connectivity index (χ2v) is 6.83. The van der Waals surface area contributed by atoms with Crippen LogP contribution >= 0.6 is 0 Å². The van der Waals surface area contributed by atoms with E-state index in [-0.39, 0.29) is 44.2 Å². The van der Waals surface area contributed by atoms with E-state index in [2.05, 4.69) is 5.32 Å². The van der Waals surface area contributed by atoms with E-state index >= 15 is 0 Å². The number of aliphatic hydroxyl groups excluding tert-OH is 1. The monoisotopic (exact) mass is 413 g/mol. The zero-order valence-electron chi connectivity index (χ0n) is 16.2. The van der Waals surface area contributed by atoms with Gasteiger partial charge in [-0.25, -0.2) is 4.39 Å². The molecule has 0 aliphatic carbocycles. The van der Waals surface area contributed by atoms with Crippen molar-refractivity contribution in [3.8, 4) is 5.75 Å². The van der Waals surface area contributed by atoms with Gasteiger partial charge in [0.1, 0.15) is 12.7 Å². The number of nitrogens with one attached hydrogen (secondary N) is 1. The first-order chi connectivity index (χ1) is 13.9. The normalized spacial score (nSPS) is 16.3. The first-order valence-electron chi connectivity index (χ1n) is 9.50. The highest BCUT2D eigenvalue weighted by molar-refractivity contribution is 5.82. The van der Waals surface area contributed by atoms with E-state index in [1.54, 1.807) is 11.0 Å². The van der Waals surface area contributed by atoms with Crippen LogP contribution in [0, 0.1) is 5.82 Å². The van der Waals surface area contributed by atoms with E-state index in [1.165, 1.54) is 12.1 Å².